The minimum absolute atomic E-state index is 0.0495. The molecule has 40 heavy (non-hydrogen) atoms. The van der Waals surface area contributed by atoms with Crippen LogP contribution in [0.2, 0.25) is 0 Å². The molecule has 208 valence electrons. The Bertz CT molecular complexity index is 1610. The lowest BCUT2D eigenvalue weighted by Crippen LogP contribution is -2.29. The largest absolute Gasteiger partial charge is 0.497 e. The number of amides is 2. The van der Waals surface area contributed by atoms with E-state index in [2.05, 4.69) is 20.6 Å². The standard InChI is InChI=1S/C25H23N5O9S/c1-38-13-7-8-15(39-2)14(9-13)19(18-21(33)28-24(37)29-22(18)34)27-25-30-20(32)16(40-25)10-17(31)26-12-5-3-11(4-6-12)23(35)36/h3-9,16,19H,10H2,1-2H3,(H,26,31)(H,35,36)(H,27,30,32)(H3,28,29,33,34,37)/t16-,19+/m1/s1. The first-order valence-electron chi connectivity index (χ1n) is 11.6. The number of hydrogen-bond acceptors (Lipinski definition) is 10. The number of nitrogens with zero attached hydrogens (tertiary/aromatic N) is 1. The number of nitrogens with one attached hydrogen (secondary N) is 4. The first kappa shape index (κ1) is 28.0. The summed E-state index contributed by atoms with van der Waals surface area (Å²) < 4.78 is 10.7. The Balaban J connectivity index is 1.63. The smallest absolute Gasteiger partial charge is 0.335 e. The maximum atomic E-state index is 12.8. The van der Waals surface area contributed by atoms with E-state index >= 15 is 0 Å². The number of aromatic carboxylic acids is 1. The monoisotopic (exact) mass is 569 g/mol. The van der Waals surface area contributed by atoms with Crippen LogP contribution in [-0.2, 0) is 9.59 Å². The van der Waals surface area contributed by atoms with Gasteiger partial charge in [0.15, 0.2) is 5.17 Å². The molecule has 14 nitrogen and oxygen atoms in total. The SMILES string of the molecule is COc1ccc(OC)c([C@H](N=C2NC(=O)[C@@H](CC(=O)Nc3ccc(C(=O)O)cc3)S2)c2c(O)[nH]c(=O)[nH]c2=O)c1. The summed E-state index contributed by atoms with van der Waals surface area (Å²) in [5, 5.41) is 23.8. The van der Waals surface area contributed by atoms with Crippen LogP contribution in [0.5, 0.6) is 17.4 Å². The number of aromatic amines is 2. The molecule has 1 aliphatic rings. The lowest BCUT2D eigenvalue weighted by molar-refractivity contribution is -0.122. The van der Waals surface area contributed by atoms with Gasteiger partial charge in [-0.15, -0.1) is 0 Å². The van der Waals surface area contributed by atoms with E-state index in [9.17, 15) is 29.1 Å². The summed E-state index contributed by atoms with van der Waals surface area (Å²) in [7, 11) is 2.82. The van der Waals surface area contributed by atoms with Crippen molar-refractivity contribution in [3.8, 4) is 17.4 Å². The number of ether oxygens (including phenoxy) is 2. The maximum absolute atomic E-state index is 12.8. The van der Waals surface area contributed by atoms with Gasteiger partial charge in [0.05, 0.1) is 19.8 Å². The highest BCUT2D eigenvalue weighted by atomic mass is 32.2. The van der Waals surface area contributed by atoms with E-state index in [1.54, 1.807) is 12.1 Å². The molecule has 1 aliphatic heterocycles. The van der Waals surface area contributed by atoms with Crippen LogP contribution in [0.3, 0.4) is 0 Å². The topological polar surface area (TPSA) is 212 Å². The number of carboxylic acids is 1. The zero-order valence-corrected chi connectivity index (χ0v) is 21.8. The number of aromatic hydroxyl groups is 1. The van der Waals surface area contributed by atoms with Crippen molar-refractivity contribution in [3.05, 3.63) is 80.0 Å². The van der Waals surface area contributed by atoms with Crippen LogP contribution in [0, 0.1) is 0 Å². The van der Waals surface area contributed by atoms with Gasteiger partial charge < -0.3 is 30.3 Å². The number of aromatic nitrogens is 2. The molecule has 0 aliphatic carbocycles. The summed E-state index contributed by atoms with van der Waals surface area (Å²) in [4.78, 5) is 69.4. The number of H-pyrrole nitrogens is 2. The second kappa shape index (κ2) is 11.8. The third-order valence-corrected chi connectivity index (χ3v) is 6.87. The van der Waals surface area contributed by atoms with Crippen LogP contribution in [0.4, 0.5) is 5.69 Å². The molecule has 1 saturated heterocycles. The second-order valence-corrected chi connectivity index (χ2v) is 9.54. The Kier molecular flexibility index (Phi) is 8.23. The minimum Gasteiger partial charge on any atom is -0.497 e. The Labute approximate surface area is 229 Å². The summed E-state index contributed by atoms with van der Waals surface area (Å²) in [5.41, 5.74) is -1.48. The van der Waals surface area contributed by atoms with Crippen LogP contribution >= 0.6 is 11.8 Å². The average Bonchev–Trinajstić information content (AvgIpc) is 3.25. The molecule has 3 aromatic rings. The predicted molar refractivity (Wildman–Crippen MR) is 144 cm³/mol. The normalized spacial score (nSPS) is 16.3. The number of thioether (sulfide) groups is 1. The van der Waals surface area contributed by atoms with Gasteiger partial charge >= 0.3 is 11.7 Å². The van der Waals surface area contributed by atoms with Gasteiger partial charge in [-0.1, -0.05) is 11.8 Å². The number of hydrogen-bond donors (Lipinski definition) is 6. The van der Waals surface area contributed by atoms with Crippen molar-refractivity contribution in [2.75, 3.05) is 19.5 Å². The minimum atomic E-state index is -1.27. The molecule has 1 fully saturated rings. The van der Waals surface area contributed by atoms with Crippen LogP contribution in [0.25, 0.3) is 0 Å². The third-order valence-electron chi connectivity index (χ3n) is 5.77. The lowest BCUT2D eigenvalue weighted by Gasteiger charge is -2.18. The predicted octanol–water partition coefficient (Wildman–Crippen LogP) is 1.19. The van der Waals surface area contributed by atoms with E-state index in [1.807, 2.05) is 4.98 Å². The van der Waals surface area contributed by atoms with Gasteiger partial charge in [0, 0.05) is 17.7 Å². The number of methoxy groups -OCH3 is 2. The summed E-state index contributed by atoms with van der Waals surface area (Å²) in [6.45, 7) is 0. The molecule has 4 rings (SSSR count). The Hall–Kier alpha value is -5.05. The maximum Gasteiger partial charge on any atom is 0.335 e. The van der Waals surface area contributed by atoms with Crippen molar-refractivity contribution < 1.29 is 34.1 Å². The molecule has 2 heterocycles. The molecule has 0 bridgehead atoms. The molecule has 15 heteroatoms. The first-order valence-corrected chi connectivity index (χ1v) is 12.4. The first-order chi connectivity index (χ1) is 19.1. The van der Waals surface area contributed by atoms with E-state index in [0.29, 0.717) is 11.4 Å². The fourth-order valence-corrected chi connectivity index (χ4v) is 4.87. The molecule has 0 radical (unpaired) electrons. The van der Waals surface area contributed by atoms with E-state index in [4.69, 9.17) is 14.6 Å². The molecule has 2 aromatic carbocycles. The van der Waals surface area contributed by atoms with Gasteiger partial charge in [-0.2, -0.15) is 0 Å². The Morgan fingerprint density at radius 1 is 1.07 bits per heavy atom. The number of carbonyl (C=O) groups excluding carboxylic acids is 2. The molecular formula is C25H23N5O9S. The summed E-state index contributed by atoms with van der Waals surface area (Å²) in [5.74, 6) is -2.19. The number of amidine groups is 1. The van der Waals surface area contributed by atoms with E-state index in [0.717, 1.165) is 11.8 Å². The molecule has 0 unspecified atom stereocenters. The third kappa shape index (κ3) is 6.15. The van der Waals surface area contributed by atoms with E-state index < -0.39 is 46.2 Å². The summed E-state index contributed by atoms with van der Waals surface area (Å²) in [6, 6.07) is 8.95. The van der Waals surface area contributed by atoms with Crippen LogP contribution in [0.15, 0.2) is 57.0 Å². The number of aliphatic imine (C=N–C) groups is 1. The number of rotatable bonds is 9. The van der Waals surface area contributed by atoms with Crippen molar-refractivity contribution in [1.82, 2.24) is 15.3 Å². The fourth-order valence-electron chi connectivity index (χ4n) is 3.87. The molecule has 0 saturated carbocycles. The number of anilines is 1. The molecular weight excluding hydrogens is 546 g/mol. The van der Waals surface area contributed by atoms with Crippen molar-refractivity contribution >= 4 is 40.4 Å². The number of carbonyl (C=O) groups is 3. The summed E-state index contributed by atoms with van der Waals surface area (Å²) in [6.07, 6.45) is -0.242. The van der Waals surface area contributed by atoms with Crippen LogP contribution in [-0.4, -0.2) is 62.6 Å². The van der Waals surface area contributed by atoms with Crippen molar-refractivity contribution in [2.45, 2.75) is 17.7 Å². The number of carboxylic acid groups (broad SMARTS) is 1. The molecule has 1 aromatic heterocycles. The van der Waals surface area contributed by atoms with Gasteiger partial charge in [-0.3, -0.25) is 24.4 Å². The Morgan fingerprint density at radius 2 is 1.80 bits per heavy atom. The zero-order valence-electron chi connectivity index (χ0n) is 21.0. The average molecular weight is 570 g/mol. The van der Waals surface area contributed by atoms with Crippen LogP contribution < -0.4 is 31.4 Å². The van der Waals surface area contributed by atoms with Crippen molar-refractivity contribution in [3.63, 3.8) is 0 Å². The van der Waals surface area contributed by atoms with Gasteiger partial charge in [0.1, 0.15) is 28.4 Å². The van der Waals surface area contributed by atoms with Gasteiger partial charge in [0.2, 0.25) is 17.7 Å². The van der Waals surface area contributed by atoms with E-state index in [1.165, 1.54) is 44.6 Å². The quantitative estimate of drug-likeness (QED) is 0.217. The van der Waals surface area contributed by atoms with Gasteiger partial charge in [-0.05, 0) is 42.5 Å². The molecule has 2 amide bonds. The van der Waals surface area contributed by atoms with E-state index in [-0.39, 0.29) is 34.0 Å². The highest BCUT2D eigenvalue weighted by Gasteiger charge is 2.34. The van der Waals surface area contributed by atoms with Crippen molar-refractivity contribution in [2.24, 2.45) is 4.99 Å². The summed E-state index contributed by atoms with van der Waals surface area (Å²) >= 11 is 0.933. The Morgan fingerprint density at radius 3 is 2.42 bits per heavy atom. The molecule has 0 spiro atoms. The van der Waals surface area contributed by atoms with Crippen LogP contribution in [0.1, 0.15) is 33.9 Å². The lowest BCUT2D eigenvalue weighted by atomic mass is 9.99. The highest BCUT2D eigenvalue weighted by Crippen LogP contribution is 2.38. The van der Waals surface area contributed by atoms with Gasteiger partial charge in [0.25, 0.3) is 5.56 Å². The molecule has 6 N–H and O–H groups in total. The zero-order chi connectivity index (χ0) is 29.0. The highest BCUT2D eigenvalue weighted by molar-refractivity contribution is 8.15. The second-order valence-electron chi connectivity index (χ2n) is 8.35. The van der Waals surface area contributed by atoms with Crippen molar-refractivity contribution in [1.29, 1.82) is 0 Å². The molecule has 2 atom stereocenters. The van der Waals surface area contributed by atoms with Gasteiger partial charge in [-0.25, -0.2) is 14.6 Å². The fraction of sp³-hybridized carbons (Fsp3) is 0.200. The number of benzene rings is 2.